The quantitative estimate of drug-likeness (QED) is 0.549. The van der Waals surface area contributed by atoms with Gasteiger partial charge in [-0.1, -0.05) is 29.5 Å². The van der Waals surface area contributed by atoms with Crippen LogP contribution in [0, 0.1) is 6.92 Å². The van der Waals surface area contributed by atoms with Gasteiger partial charge in [-0.05, 0) is 61.2 Å². The van der Waals surface area contributed by atoms with Crippen molar-refractivity contribution in [3.05, 3.63) is 68.5 Å². The average Bonchev–Trinajstić information content (AvgIpc) is 3.35. The summed E-state index contributed by atoms with van der Waals surface area (Å²) in [5.74, 6) is 0. The van der Waals surface area contributed by atoms with Crippen molar-refractivity contribution in [2.45, 2.75) is 19.8 Å². The van der Waals surface area contributed by atoms with E-state index in [2.05, 4.69) is 35.0 Å². The van der Waals surface area contributed by atoms with Crippen LogP contribution in [0.5, 0.6) is 0 Å². The van der Waals surface area contributed by atoms with Crippen LogP contribution in [0.25, 0.3) is 22.1 Å². The predicted molar refractivity (Wildman–Crippen MR) is 108 cm³/mol. The molecule has 1 aliphatic rings. The van der Waals surface area contributed by atoms with Gasteiger partial charge >= 0.3 is 0 Å². The number of thiazole rings is 1. The van der Waals surface area contributed by atoms with Crippen LogP contribution >= 0.6 is 11.3 Å². The summed E-state index contributed by atoms with van der Waals surface area (Å²) in [6.45, 7) is 4.40. The monoisotopic (exact) mass is 361 g/mol. The third kappa shape index (κ3) is 2.42. The van der Waals surface area contributed by atoms with Crippen molar-refractivity contribution in [3.63, 3.8) is 0 Å². The first-order chi connectivity index (χ1) is 12.7. The summed E-state index contributed by atoms with van der Waals surface area (Å²) in [5.41, 5.74) is 5.34. The van der Waals surface area contributed by atoms with E-state index in [1.807, 2.05) is 30.3 Å². The summed E-state index contributed by atoms with van der Waals surface area (Å²) in [5, 5.41) is 0. The van der Waals surface area contributed by atoms with Gasteiger partial charge in [0.25, 0.3) is 5.56 Å². The van der Waals surface area contributed by atoms with Crippen LogP contribution in [-0.2, 0) is 0 Å². The first-order valence-corrected chi connectivity index (χ1v) is 9.80. The van der Waals surface area contributed by atoms with E-state index in [1.54, 1.807) is 4.40 Å². The molecule has 0 saturated carbocycles. The Balaban J connectivity index is 1.62. The van der Waals surface area contributed by atoms with E-state index in [0.717, 1.165) is 39.2 Å². The number of anilines is 1. The van der Waals surface area contributed by atoms with Crippen molar-refractivity contribution in [3.8, 4) is 0 Å². The minimum Gasteiger partial charge on any atom is -0.372 e. The normalized spacial score (nSPS) is 15.6. The van der Waals surface area contributed by atoms with Crippen molar-refractivity contribution in [2.24, 2.45) is 0 Å². The Morgan fingerprint density at radius 2 is 1.92 bits per heavy atom. The van der Waals surface area contributed by atoms with E-state index < -0.39 is 0 Å². The van der Waals surface area contributed by atoms with Crippen LogP contribution in [0.2, 0.25) is 0 Å². The summed E-state index contributed by atoms with van der Waals surface area (Å²) in [6.07, 6.45) is 4.55. The van der Waals surface area contributed by atoms with Gasteiger partial charge in [0, 0.05) is 18.8 Å². The highest BCUT2D eigenvalue weighted by Crippen LogP contribution is 2.23. The van der Waals surface area contributed by atoms with Gasteiger partial charge in [0.05, 0.1) is 15.6 Å². The maximum absolute atomic E-state index is 12.9. The zero-order chi connectivity index (χ0) is 17.7. The molecule has 4 aromatic rings. The lowest BCUT2D eigenvalue weighted by Gasteiger charge is -2.18. The molecule has 0 amide bonds. The standard InChI is InChI=1S/C21H19N3OS/c1-14-12-16(23-10-4-5-11-23)9-8-15(14)13-19-20(25)24-18-7-3-2-6-17(18)22-21(24)26-19/h2-3,6-9,12-13H,4-5,10-11H2,1H3/b19-13-. The van der Waals surface area contributed by atoms with Gasteiger partial charge in [-0.25, -0.2) is 9.38 Å². The number of para-hydroxylation sites is 2. The molecule has 1 fully saturated rings. The summed E-state index contributed by atoms with van der Waals surface area (Å²) in [7, 11) is 0. The molecule has 0 aliphatic carbocycles. The van der Waals surface area contributed by atoms with Crippen LogP contribution in [0.1, 0.15) is 24.0 Å². The lowest BCUT2D eigenvalue weighted by molar-refractivity contribution is 0.949. The van der Waals surface area contributed by atoms with E-state index in [0.29, 0.717) is 0 Å². The largest absolute Gasteiger partial charge is 0.372 e. The lowest BCUT2D eigenvalue weighted by Crippen LogP contribution is -2.22. The van der Waals surface area contributed by atoms with Gasteiger partial charge in [-0.2, -0.15) is 0 Å². The third-order valence-corrected chi connectivity index (χ3v) is 6.13. The highest BCUT2D eigenvalue weighted by Gasteiger charge is 2.13. The molecule has 1 aliphatic heterocycles. The fourth-order valence-electron chi connectivity index (χ4n) is 3.75. The second-order valence-electron chi connectivity index (χ2n) is 6.87. The van der Waals surface area contributed by atoms with E-state index in [-0.39, 0.29) is 5.56 Å². The number of imidazole rings is 1. The van der Waals surface area contributed by atoms with Gasteiger partial charge in [0.15, 0.2) is 4.96 Å². The van der Waals surface area contributed by atoms with Crippen molar-refractivity contribution in [1.29, 1.82) is 0 Å². The number of hydrogen-bond donors (Lipinski definition) is 0. The molecule has 0 radical (unpaired) electrons. The fourth-order valence-corrected chi connectivity index (χ4v) is 4.72. The molecule has 0 unspecified atom stereocenters. The maximum Gasteiger partial charge on any atom is 0.274 e. The Hall–Kier alpha value is -2.66. The molecule has 4 nitrogen and oxygen atoms in total. The van der Waals surface area contributed by atoms with E-state index in [9.17, 15) is 4.79 Å². The zero-order valence-electron chi connectivity index (χ0n) is 14.6. The van der Waals surface area contributed by atoms with Crippen LogP contribution in [0.15, 0.2) is 47.3 Å². The number of rotatable bonds is 2. The minimum absolute atomic E-state index is 0.0155. The van der Waals surface area contributed by atoms with Crippen LogP contribution in [0.3, 0.4) is 0 Å². The van der Waals surface area contributed by atoms with Gasteiger partial charge in [0.2, 0.25) is 0 Å². The van der Waals surface area contributed by atoms with Crippen molar-refractivity contribution in [1.82, 2.24) is 9.38 Å². The van der Waals surface area contributed by atoms with E-state index >= 15 is 0 Å². The summed E-state index contributed by atoms with van der Waals surface area (Å²) in [4.78, 5) is 20.7. The second-order valence-corrected chi connectivity index (χ2v) is 7.88. The van der Waals surface area contributed by atoms with E-state index in [1.165, 1.54) is 35.4 Å². The number of aryl methyl sites for hydroxylation is 1. The van der Waals surface area contributed by atoms with Crippen molar-refractivity contribution < 1.29 is 0 Å². The first kappa shape index (κ1) is 15.6. The molecule has 0 N–H and O–H groups in total. The molecule has 1 saturated heterocycles. The third-order valence-electron chi connectivity index (χ3n) is 5.16. The molecule has 2 aromatic carbocycles. The van der Waals surface area contributed by atoms with Crippen molar-refractivity contribution in [2.75, 3.05) is 18.0 Å². The molecule has 0 spiro atoms. The highest BCUT2D eigenvalue weighted by atomic mass is 32.1. The highest BCUT2D eigenvalue weighted by molar-refractivity contribution is 7.15. The fraction of sp³-hybridized carbons (Fsp3) is 0.238. The molecular formula is C21H19N3OS. The summed E-state index contributed by atoms with van der Waals surface area (Å²) in [6, 6.07) is 14.3. The van der Waals surface area contributed by atoms with Gasteiger partial charge in [0.1, 0.15) is 0 Å². The molecular weight excluding hydrogens is 342 g/mol. The Kier molecular flexibility index (Phi) is 3.57. The zero-order valence-corrected chi connectivity index (χ0v) is 15.4. The maximum atomic E-state index is 12.9. The van der Waals surface area contributed by atoms with Crippen LogP contribution in [0.4, 0.5) is 5.69 Å². The number of nitrogens with zero attached hydrogens (tertiary/aromatic N) is 3. The Bertz CT molecular complexity index is 1230. The second kappa shape index (κ2) is 5.95. The number of aromatic nitrogens is 2. The molecule has 2 aromatic heterocycles. The average molecular weight is 361 g/mol. The van der Waals surface area contributed by atoms with Crippen molar-refractivity contribution >= 4 is 39.1 Å². The molecule has 0 bridgehead atoms. The Labute approximate surface area is 155 Å². The lowest BCUT2D eigenvalue weighted by atomic mass is 10.1. The summed E-state index contributed by atoms with van der Waals surface area (Å²) < 4.78 is 2.45. The topological polar surface area (TPSA) is 37.6 Å². The predicted octanol–water partition coefficient (Wildman–Crippen LogP) is 3.37. The van der Waals surface area contributed by atoms with E-state index in [4.69, 9.17) is 0 Å². The number of benzene rings is 2. The minimum atomic E-state index is 0.0155. The first-order valence-electron chi connectivity index (χ1n) is 8.98. The molecule has 0 atom stereocenters. The SMILES string of the molecule is Cc1cc(N2CCCC2)ccc1/C=c1\sc2nc3ccccc3n2c1=O. The Morgan fingerprint density at radius 1 is 1.12 bits per heavy atom. The molecule has 5 heteroatoms. The number of hydrogen-bond acceptors (Lipinski definition) is 4. The van der Waals surface area contributed by atoms with Crippen LogP contribution in [-0.4, -0.2) is 22.5 Å². The molecule has 26 heavy (non-hydrogen) atoms. The number of fused-ring (bicyclic) bond motifs is 3. The van der Waals surface area contributed by atoms with Gasteiger partial charge in [-0.15, -0.1) is 0 Å². The Morgan fingerprint density at radius 3 is 2.73 bits per heavy atom. The van der Waals surface area contributed by atoms with Gasteiger partial charge in [-0.3, -0.25) is 4.79 Å². The molecule has 5 rings (SSSR count). The molecule has 130 valence electrons. The van der Waals surface area contributed by atoms with Gasteiger partial charge < -0.3 is 4.90 Å². The van der Waals surface area contributed by atoms with Crippen LogP contribution < -0.4 is 15.0 Å². The summed E-state index contributed by atoms with van der Waals surface area (Å²) >= 11 is 1.46. The smallest absolute Gasteiger partial charge is 0.274 e. The molecule has 3 heterocycles.